The first kappa shape index (κ1) is 22.2. The minimum Gasteiger partial charge on any atom is -0.339 e. The number of aryl methyl sites for hydroxylation is 1. The SMILES string of the molecule is CCN(C(=O)[C@@H](C)N1CCN(S(=O)(=O)c2ccc(C)cc2)CC1)C1CCCCC1. The number of benzene rings is 1. The molecule has 0 aromatic heterocycles. The molecule has 2 aliphatic rings. The Morgan fingerprint density at radius 3 is 2.21 bits per heavy atom. The van der Waals surface area contributed by atoms with Gasteiger partial charge in [0.05, 0.1) is 10.9 Å². The molecule has 2 fully saturated rings. The van der Waals surface area contributed by atoms with Gasteiger partial charge in [0.1, 0.15) is 0 Å². The highest BCUT2D eigenvalue weighted by Gasteiger charge is 2.34. The average molecular weight is 422 g/mol. The minimum atomic E-state index is -3.47. The normalized spacial score (nSPS) is 21.1. The van der Waals surface area contributed by atoms with Gasteiger partial charge in [-0.3, -0.25) is 9.69 Å². The first-order valence-corrected chi connectivity index (χ1v) is 12.4. The second-order valence-corrected chi connectivity index (χ2v) is 10.3. The van der Waals surface area contributed by atoms with Crippen LogP contribution in [0.1, 0.15) is 51.5 Å². The van der Waals surface area contributed by atoms with Crippen molar-refractivity contribution in [1.29, 1.82) is 0 Å². The highest BCUT2D eigenvalue weighted by atomic mass is 32.2. The maximum atomic E-state index is 13.2. The number of rotatable bonds is 6. The van der Waals surface area contributed by atoms with E-state index in [9.17, 15) is 13.2 Å². The summed E-state index contributed by atoms with van der Waals surface area (Å²) in [5, 5.41) is 0. The van der Waals surface area contributed by atoms with Crippen LogP contribution in [0.25, 0.3) is 0 Å². The van der Waals surface area contributed by atoms with Crippen molar-refractivity contribution in [3.8, 4) is 0 Å². The monoisotopic (exact) mass is 421 g/mol. The molecule has 0 unspecified atom stereocenters. The molecule has 29 heavy (non-hydrogen) atoms. The van der Waals surface area contributed by atoms with E-state index in [0.29, 0.717) is 37.1 Å². The van der Waals surface area contributed by atoms with Crippen molar-refractivity contribution in [3.63, 3.8) is 0 Å². The van der Waals surface area contributed by atoms with E-state index < -0.39 is 10.0 Å². The molecule has 0 radical (unpaired) electrons. The Labute approximate surface area is 175 Å². The summed E-state index contributed by atoms with van der Waals surface area (Å²) in [6, 6.07) is 7.16. The summed E-state index contributed by atoms with van der Waals surface area (Å²) in [6.07, 6.45) is 5.90. The molecule has 7 heteroatoms. The van der Waals surface area contributed by atoms with Gasteiger partial charge < -0.3 is 4.90 Å². The fourth-order valence-electron chi connectivity index (χ4n) is 4.57. The van der Waals surface area contributed by atoms with Gasteiger partial charge in [0.15, 0.2) is 0 Å². The molecule has 0 spiro atoms. The predicted molar refractivity (Wildman–Crippen MR) is 115 cm³/mol. The number of nitrogens with zero attached hydrogens (tertiary/aromatic N) is 3. The van der Waals surface area contributed by atoms with Gasteiger partial charge in [0.2, 0.25) is 15.9 Å². The summed E-state index contributed by atoms with van der Waals surface area (Å²) < 4.78 is 27.4. The standard InChI is InChI=1S/C22H35N3O3S/c1-4-25(20-8-6-5-7-9-20)22(26)19(3)23-14-16-24(17-15-23)29(27,28)21-12-10-18(2)11-13-21/h10-13,19-20H,4-9,14-17H2,1-3H3/t19-/m1/s1. The van der Waals surface area contributed by atoms with Gasteiger partial charge in [-0.1, -0.05) is 37.0 Å². The lowest BCUT2D eigenvalue weighted by molar-refractivity contribution is -0.139. The molecule has 1 saturated carbocycles. The van der Waals surface area contributed by atoms with E-state index in [4.69, 9.17) is 0 Å². The lowest BCUT2D eigenvalue weighted by atomic mass is 9.93. The number of likely N-dealkylation sites (N-methyl/N-ethyl adjacent to an activating group) is 1. The smallest absolute Gasteiger partial charge is 0.243 e. The number of hydrogen-bond acceptors (Lipinski definition) is 4. The molecular weight excluding hydrogens is 386 g/mol. The molecule has 1 aromatic rings. The molecule has 1 aromatic carbocycles. The van der Waals surface area contributed by atoms with Crippen molar-refractivity contribution < 1.29 is 13.2 Å². The topological polar surface area (TPSA) is 60.9 Å². The summed E-state index contributed by atoms with van der Waals surface area (Å²) in [7, 11) is -3.47. The molecule has 1 aliphatic heterocycles. The van der Waals surface area contributed by atoms with Crippen LogP contribution in [-0.2, 0) is 14.8 Å². The lowest BCUT2D eigenvalue weighted by Gasteiger charge is -2.40. The Kier molecular flexibility index (Phi) is 7.35. The molecule has 1 amide bonds. The second kappa shape index (κ2) is 9.58. The van der Waals surface area contributed by atoms with Crippen LogP contribution < -0.4 is 0 Å². The maximum Gasteiger partial charge on any atom is 0.243 e. The van der Waals surface area contributed by atoms with E-state index in [-0.39, 0.29) is 11.9 Å². The van der Waals surface area contributed by atoms with Crippen LogP contribution in [0, 0.1) is 6.92 Å². The van der Waals surface area contributed by atoms with E-state index in [2.05, 4.69) is 16.7 Å². The van der Waals surface area contributed by atoms with Crippen LogP contribution >= 0.6 is 0 Å². The third kappa shape index (κ3) is 5.01. The zero-order valence-corrected chi connectivity index (χ0v) is 18.8. The van der Waals surface area contributed by atoms with Crippen LogP contribution in [0.15, 0.2) is 29.2 Å². The van der Waals surface area contributed by atoms with Crippen molar-refractivity contribution in [2.75, 3.05) is 32.7 Å². The van der Waals surface area contributed by atoms with Crippen molar-refractivity contribution in [2.24, 2.45) is 0 Å². The zero-order chi connectivity index (χ0) is 21.0. The molecule has 162 valence electrons. The summed E-state index contributed by atoms with van der Waals surface area (Å²) in [5.41, 5.74) is 1.04. The Morgan fingerprint density at radius 2 is 1.66 bits per heavy atom. The van der Waals surface area contributed by atoms with Gasteiger partial charge >= 0.3 is 0 Å². The summed E-state index contributed by atoms with van der Waals surface area (Å²) in [5.74, 6) is 0.189. The van der Waals surface area contributed by atoms with Crippen LogP contribution in [0.5, 0.6) is 0 Å². The molecule has 0 bridgehead atoms. The molecule has 1 atom stereocenters. The maximum absolute atomic E-state index is 13.2. The molecule has 1 aliphatic carbocycles. The van der Waals surface area contributed by atoms with Crippen molar-refractivity contribution in [2.45, 2.75) is 69.9 Å². The molecule has 3 rings (SSSR count). The van der Waals surface area contributed by atoms with Crippen LogP contribution in [-0.4, -0.2) is 73.2 Å². The Hall–Kier alpha value is -1.44. The van der Waals surface area contributed by atoms with E-state index in [1.165, 1.54) is 19.3 Å². The van der Waals surface area contributed by atoms with Crippen LogP contribution in [0.3, 0.4) is 0 Å². The predicted octanol–water partition coefficient (Wildman–Crippen LogP) is 2.87. The van der Waals surface area contributed by atoms with Crippen LogP contribution in [0.4, 0.5) is 0 Å². The highest BCUT2D eigenvalue weighted by Crippen LogP contribution is 2.24. The first-order chi connectivity index (χ1) is 13.8. The van der Waals surface area contributed by atoms with E-state index in [0.717, 1.165) is 24.9 Å². The molecule has 1 heterocycles. The minimum absolute atomic E-state index is 0.189. The van der Waals surface area contributed by atoms with E-state index in [1.54, 1.807) is 16.4 Å². The van der Waals surface area contributed by atoms with Crippen molar-refractivity contribution in [1.82, 2.24) is 14.1 Å². The van der Waals surface area contributed by atoms with E-state index >= 15 is 0 Å². The van der Waals surface area contributed by atoms with Gasteiger partial charge in [-0.15, -0.1) is 0 Å². The van der Waals surface area contributed by atoms with Gasteiger partial charge in [0.25, 0.3) is 0 Å². The molecule has 0 N–H and O–H groups in total. The number of hydrogen-bond donors (Lipinski definition) is 0. The first-order valence-electron chi connectivity index (χ1n) is 11.0. The Morgan fingerprint density at radius 1 is 1.07 bits per heavy atom. The number of amides is 1. The third-order valence-corrected chi connectivity index (χ3v) is 8.39. The lowest BCUT2D eigenvalue weighted by Crippen LogP contribution is -2.56. The highest BCUT2D eigenvalue weighted by molar-refractivity contribution is 7.89. The second-order valence-electron chi connectivity index (χ2n) is 8.35. The summed E-state index contributed by atoms with van der Waals surface area (Å²) in [4.78, 5) is 17.7. The molecule has 6 nitrogen and oxygen atoms in total. The number of carbonyl (C=O) groups is 1. The molecular formula is C22H35N3O3S. The number of piperazine rings is 1. The third-order valence-electron chi connectivity index (χ3n) is 6.48. The Bertz CT molecular complexity index is 780. The van der Waals surface area contributed by atoms with Crippen molar-refractivity contribution in [3.05, 3.63) is 29.8 Å². The summed E-state index contributed by atoms with van der Waals surface area (Å²) in [6.45, 7) is 8.73. The van der Waals surface area contributed by atoms with Crippen molar-refractivity contribution >= 4 is 15.9 Å². The average Bonchev–Trinajstić information content (AvgIpc) is 2.75. The Balaban J connectivity index is 1.60. The molecule has 1 saturated heterocycles. The van der Waals surface area contributed by atoms with Gasteiger partial charge in [0, 0.05) is 38.8 Å². The van der Waals surface area contributed by atoms with Gasteiger partial charge in [-0.2, -0.15) is 4.31 Å². The van der Waals surface area contributed by atoms with Gasteiger partial charge in [-0.25, -0.2) is 8.42 Å². The zero-order valence-electron chi connectivity index (χ0n) is 18.0. The largest absolute Gasteiger partial charge is 0.339 e. The summed E-state index contributed by atoms with van der Waals surface area (Å²) >= 11 is 0. The fraction of sp³-hybridized carbons (Fsp3) is 0.682. The number of carbonyl (C=O) groups excluding carboxylic acids is 1. The fourth-order valence-corrected chi connectivity index (χ4v) is 6.00. The number of sulfonamides is 1. The van der Waals surface area contributed by atoms with Gasteiger partial charge in [-0.05, 0) is 45.7 Å². The quantitative estimate of drug-likeness (QED) is 0.709. The van der Waals surface area contributed by atoms with Crippen LogP contribution in [0.2, 0.25) is 0 Å². The van der Waals surface area contributed by atoms with E-state index in [1.807, 2.05) is 26.0 Å².